The Bertz CT molecular complexity index is 2070. The Kier molecular flexibility index (Phi) is 15.9. The van der Waals surface area contributed by atoms with Crippen LogP contribution in [0.1, 0.15) is 120 Å². The second-order valence-electron chi connectivity index (χ2n) is 24.7. The minimum absolute atomic E-state index is 0.0243. The molecule has 0 amide bonds. The van der Waals surface area contributed by atoms with E-state index in [0.717, 1.165) is 18.9 Å². The maximum atomic E-state index is 15.7. The number of allylic oxidation sites excluding steroid dienone is 2. The highest BCUT2D eigenvalue weighted by atomic mass is 16.8. The lowest BCUT2D eigenvalue weighted by molar-refractivity contribution is -0.387. The molecule has 0 spiro atoms. The van der Waals surface area contributed by atoms with Crippen LogP contribution in [0.15, 0.2) is 11.6 Å². The minimum Gasteiger partial charge on any atom is -0.465 e. The van der Waals surface area contributed by atoms with Gasteiger partial charge in [-0.25, -0.2) is 0 Å². The zero-order valence-corrected chi connectivity index (χ0v) is 43.6. The molecule has 8 aliphatic rings. The summed E-state index contributed by atoms with van der Waals surface area (Å²) in [7, 11) is 0. The number of rotatable bonds is 11. The predicted molar refractivity (Wildman–Crippen MR) is 251 cm³/mol. The van der Waals surface area contributed by atoms with Crippen molar-refractivity contribution in [3.05, 3.63) is 11.6 Å². The summed E-state index contributed by atoms with van der Waals surface area (Å²) in [5.41, 5.74) is -2.41. The zero-order chi connectivity index (χ0) is 53.7. The molecule has 73 heavy (non-hydrogen) atoms. The van der Waals surface area contributed by atoms with Crippen molar-refractivity contribution in [1.82, 2.24) is 0 Å². The summed E-state index contributed by atoms with van der Waals surface area (Å²) < 4.78 is 47.7. The molecule has 416 valence electrons. The summed E-state index contributed by atoms with van der Waals surface area (Å²) in [6.45, 7) is 15.5. The van der Waals surface area contributed by atoms with Gasteiger partial charge in [-0.05, 0) is 104 Å². The Morgan fingerprint density at radius 3 is 1.90 bits per heavy atom. The SMILES string of the molecule is CC(=O)OC[C@H]1O[C@@H](OC(=O)[C@]23CCC(C)(C)C[C@H]2C2=CC[C@@H]4[C@@]5(C)C[C@H](O)[C@H](O)[C@@](C)(COC(C)=O)[C@@H]5CC[C@@]4(C)[C@]2(C)CC3)[C@H](O[C@@H]2O[C@@H](C)[C@H](O)[C@@H](O)[C@H]2O)[C@@H](O[C@@H]2O[C@H](CO)[C@H](O)[C@H](O)[C@H]2O)[C@@H]1O. The molecule has 10 N–H and O–H groups in total. The summed E-state index contributed by atoms with van der Waals surface area (Å²) in [5.74, 6) is -2.29. The van der Waals surface area contributed by atoms with Gasteiger partial charge in [-0.3, -0.25) is 14.4 Å². The van der Waals surface area contributed by atoms with Crippen LogP contribution >= 0.6 is 0 Å². The summed E-state index contributed by atoms with van der Waals surface area (Å²) in [6.07, 6.45) is -20.9. The van der Waals surface area contributed by atoms with Crippen molar-refractivity contribution in [1.29, 1.82) is 0 Å². The molecule has 21 nitrogen and oxygen atoms in total. The zero-order valence-electron chi connectivity index (χ0n) is 43.6. The van der Waals surface area contributed by atoms with Crippen LogP contribution < -0.4 is 0 Å². The molecule has 3 saturated heterocycles. The van der Waals surface area contributed by atoms with Crippen molar-refractivity contribution in [3.8, 4) is 0 Å². The molecular formula is C52H82O21. The normalized spacial score (nSPS) is 51.5. The Labute approximate surface area is 426 Å². The highest BCUT2D eigenvalue weighted by molar-refractivity contribution is 5.79. The molecule has 8 rings (SSSR count). The van der Waals surface area contributed by atoms with Gasteiger partial charge >= 0.3 is 17.9 Å². The quantitative estimate of drug-likeness (QED) is 0.0753. The van der Waals surface area contributed by atoms with Gasteiger partial charge < -0.3 is 89.0 Å². The second-order valence-corrected chi connectivity index (χ2v) is 24.7. The van der Waals surface area contributed by atoms with E-state index >= 15 is 4.79 Å². The van der Waals surface area contributed by atoms with Crippen LogP contribution in [0.4, 0.5) is 0 Å². The molecule has 21 heteroatoms. The lowest BCUT2D eigenvalue weighted by Gasteiger charge is -2.71. The first-order valence-electron chi connectivity index (χ1n) is 26.2. The molecule has 3 heterocycles. The van der Waals surface area contributed by atoms with Crippen molar-refractivity contribution < 1.29 is 103 Å². The molecule has 0 bridgehead atoms. The van der Waals surface area contributed by atoms with E-state index in [4.69, 9.17) is 37.9 Å². The molecule has 0 aromatic rings. The molecule has 0 aromatic heterocycles. The Morgan fingerprint density at radius 1 is 0.658 bits per heavy atom. The van der Waals surface area contributed by atoms with Crippen LogP contribution in [0.2, 0.25) is 0 Å². The minimum atomic E-state index is -1.99. The highest BCUT2D eigenvalue weighted by Gasteiger charge is 2.71. The average molecular weight is 1040 g/mol. The van der Waals surface area contributed by atoms with Gasteiger partial charge in [-0.2, -0.15) is 0 Å². The summed E-state index contributed by atoms with van der Waals surface area (Å²) in [4.78, 5) is 40.0. The number of aliphatic hydroxyl groups excluding tert-OH is 10. The molecule has 0 unspecified atom stereocenters. The summed E-state index contributed by atoms with van der Waals surface area (Å²) in [6, 6.07) is 0. The van der Waals surface area contributed by atoms with E-state index in [1.807, 2.05) is 6.92 Å². The van der Waals surface area contributed by atoms with Crippen molar-refractivity contribution in [3.63, 3.8) is 0 Å². The van der Waals surface area contributed by atoms with Crippen LogP contribution in [-0.2, 0) is 52.3 Å². The van der Waals surface area contributed by atoms with E-state index < -0.39 is 157 Å². The van der Waals surface area contributed by atoms with E-state index in [1.165, 1.54) is 13.8 Å². The molecule has 0 aromatic carbocycles. The Hall–Kier alpha value is -2.45. The van der Waals surface area contributed by atoms with Gasteiger partial charge in [0.15, 0.2) is 18.7 Å². The number of aliphatic hydroxyl groups is 10. The highest BCUT2D eigenvalue weighted by Crippen LogP contribution is 2.76. The first kappa shape index (κ1) is 56.7. The topological polar surface area (TPSA) is 327 Å². The fourth-order valence-corrected chi connectivity index (χ4v) is 15.5. The average Bonchev–Trinajstić information content (AvgIpc) is 3.32. The van der Waals surface area contributed by atoms with Crippen LogP contribution in [0.25, 0.3) is 0 Å². The van der Waals surface area contributed by atoms with Crippen LogP contribution in [-0.4, -0.2) is 193 Å². The number of carbonyl (C=O) groups is 3. The Balaban J connectivity index is 1.16. The van der Waals surface area contributed by atoms with Crippen molar-refractivity contribution >= 4 is 17.9 Å². The number of hydrogen-bond acceptors (Lipinski definition) is 21. The van der Waals surface area contributed by atoms with E-state index in [-0.39, 0.29) is 35.2 Å². The van der Waals surface area contributed by atoms with Crippen LogP contribution in [0.3, 0.4) is 0 Å². The first-order valence-corrected chi connectivity index (χ1v) is 26.2. The molecule has 7 fully saturated rings. The van der Waals surface area contributed by atoms with E-state index in [9.17, 15) is 60.7 Å². The third kappa shape index (κ3) is 9.52. The maximum absolute atomic E-state index is 15.7. The summed E-state index contributed by atoms with van der Waals surface area (Å²) in [5, 5.41) is 110. The lowest BCUT2D eigenvalue weighted by Crippen LogP contribution is -2.68. The van der Waals surface area contributed by atoms with E-state index in [2.05, 4.69) is 40.7 Å². The largest absolute Gasteiger partial charge is 0.465 e. The van der Waals surface area contributed by atoms with Crippen LogP contribution in [0, 0.1) is 50.2 Å². The van der Waals surface area contributed by atoms with E-state index in [1.54, 1.807) is 0 Å². The second kappa shape index (κ2) is 20.4. The molecule has 3 aliphatic heterocycles. The molecule has 25 atom stereocenters. The Morgan fingerprint density at radius 2 is 1.26 bits per heavy atom. The van der Waals surface area contributed by atoms with Crippen molar-refractivity contribution in [2.24, 2.45) is 50.2 Å². The molecule has 0 radical (unpaired) electrons. The number of fused-ring (bicyclic) bond motifs is 7. The molecular weight excluding hydrogens is 961 g/mol. The predicted octanol–water partition coefficient (Wildman–Crippen LogP) is 0.253. The van der Waals surface area contributed by atoms with Gasteiger partial charge in [0.2, 0.25) is 6.29 Å². The van der Waals surface area contributed by atoms with Gasteiger partial charge in [0.05, 0.1) is 36.9 Å². The fourth-order valence-electron chi connectivity index (χ4n) is 15.5. The van der Waals surface area contributed by atoms with Gasteiger partial charge in [-0.1, -0.05) is 53.2 Å². The third-order valence-corrected chi connectivity index (χ3v) is 19.9. The van der Waals surface area contributed by atoms with Crippen molar-refractivity contribution in [2.75, 3.05) is 19.8 Å². The van der Waals surface area contributed by atoms with Gasteiger partial charge in [0, 0.05) is 19.3 Å². The van der Waals surface area contributed by atoms with Crippen LogP contribution in [0.5, 0.6) is 0 Å². The molecule has 5 aliphatic carbocycles. The van der Waals surface area contributed by atoms with Gasteiger partial charge in [-0.15, -0.1) is 0 Å². The number of hydrogen-bond donors (Lipinski definition) is 10. The smallest absolute Gasteiger partial charge is 0.315 e. The monoisotopic (exact) mass is 1040 g/mol. The fraction of sp³-hybridized carbons (Fsp3) is 0.904. The lowest BCUT2D eigenvalue weighted by atomic mass is 9.33. The maximum Gasteiger partial charge on any atom is 0.315 e. The number of esters is 3. The van der Waals surface area contributed by atoms with Gasteiger partial charge in [0.1, 0.15) is 67.6 Å². The van der Waals surface area contributed by atoms with Gasteiger partial charge in [0.25, 0.3) is 0 Å². The van der Waals surface area contributed by atoms with E-state index in [0.29, 0.717) is 51.4 Å². The number of carbonyl (C=O) groups excluding carboxylic acids is 3. The standard InChI is InChI=1S/C52H82O21/c1-23-33(57)36(60)38(62)43(68-23)72-41-40(71-44-39(63)37(61)34(58)29(20-53)69-44)35(59)30(21-66-24(2)54)70-45(41)73-46(65)52-16-14-47(4,5)18-27(52)26-10-11-32-48(6)19-28(56)42(64)49(7,22-67-25(3)55)31(48)12-13-51(32,9)50(26,8)15-17-52/h10,23,27-45,53,56-64H,11-22H2,1-9H3/t23-,27-,28-,29+,30+,31+,32+,33-,34-,35+,36+,37-,38+,39+,40-,41+,42-,43-,44-,45-,48-,49-,50+,51+,52-/m0/s1. The summed E-state index contributed by atoms with van der Waals surface area (Å²) >= 11 is 0. The molecule has 4 saturated carbocycles. The number of ether oxygens (including phenoxy) is 8. The van der Waals surface area contributed by atoms with Crippen molar-refractivity contribution in [2.45, 2.75) is 224 Å². The third-order valence-electron chi connectivity index (χ3n) is 19.9. The first-order chi connectivity index (χ1) is 34.0.